The van der Waals surface area contributed by atoms with Gasteiger partial charge >= 0.3 is 0 Å². The highest BCUT2D eigenvalue weighted by Gasteiger charge is 2.20. The van der Waals surface area contributed by atoms with Gasteiger partial charge in [-0.05, 0) is 49.2 Å². The molecule has 2 N–H and O–H groups in total. The number of hydrogen-bond donors (Lipinski definition) is 1. The van der Waals surface area contributed by atoms with Crippen molar-refractivity contribution in [3.63, 3.8) is 0 Å². The van der Waals surface area contributed by atoms with E-state index in [4.69, 9.17) is 22.1 Å². The van der Waals surface area contributed by atoms with Gasteiger partial charge in [0.2, 0.25) is 0 Å². The van der Waals surface area contributed by atoms with Crippen molar-refractivity contribution in [1.29, 1.82) is 0 Å². The van der Waals surface area contributed by atoms with Gasteiger partial charge in [0.1, 0.15) is 11.6 Å². The van der Waals surface area contributed by atoms with Crippen LogP contribution in [0.15, 0.2) is 30.3 Å². The van der Waals surface area contributed by atoms with Crippen molar-refractivity contribution in [2.24, 2.45) is 5.73 Å². The second kappa shape index (κ2) is 5.81. The van der Waals surface area contributed by atoms with E-state index in [0.717, 1.165) is 16.7 Å². The van der Waals surface area contributed by atoms with E-state index in [-0.39, 0.29) is 5.82 Å². The van der Waals surface area contributed by atoms with E-state index in [1.54, 1.807) is 13.2 Å². The third-order valence-corrected chi connectivity index (χ3v) is 3.55. The second-order valence-electron chi connectivity index (χ2n) is 4.84. The monoisotopic (exact) mass is 293 g/mol. The van der Waals surface area contributed by atoms with Gasteiger partial charge < -0.3 is 10.5 Å². The molecule has 0 bridgehead atoms. The first-order valence-electron chi connectivity index (χ1n) is 6.29. The topological polar surface area (TPSA) is 35.2 Å². The summed E-state index contributed by atoms with van der Waals surface area (Å²) in [5.74, 6) is 0.290. The molecule has 2 rings (SSSR count). The van der Waals surface area contributed by atoms with E-state index in [1.165, 1.54) is 12.1 Å². The molecule has 0 saturated heterocycles. The van der Waals surface area contributed by atoms with Crippen molar-refractivity contribution in [2.45, 2.75) is 19.9 Å². The summed E-state index contributed by atoms with van der Waals surface area (Å²) in [6.45, 7) is 3.91. The molecule has 0 aliphatic heterocycles. The molecule has 0 heterocycles. The number of ether oxygens (including phenoxy) is 1. The molecule has 0 aliphatic carbocycles. The van der Waals surface area contributed by atoms with Crippen LogP contribution in [-0.4, -0.2) is 7.11 Å². The highest BCUT2D eigenvalue weighted by Crippen LogP contribution is 2.34. The first kappa shape index (κ1) is 14.8. The summed E-state index contributed by atoms with van der Waals surface area (Å²) in [6, 6.07) is 7.66. The van der Waals surface area contributed by atoms with Crippen LogP contribution in [0.1, 0.15) is 28.3 Å². The van der Waals surface area contributed by atoms with Crippen LogP contribution < -0.4 is 10.5 Å². The van der Waals surface area contributed by atoms with Gasteiger partial charge in [-0.15, -0.1) is 0 Å². The summed E-state index contributed by atoms with van der Waals surface area (Å²) in [6.07, 6.45) is 0. The molecule has 0 spiro atoms. The Bertz CT molecular complexity index is 643. The normalized spacial score (nSPS) is 12.3. The fraction of sp³-hybridized carbons (Fsp3) is 0.250. The van der Waals surface area contributed by atoms with Crippen LogP contribution in [0.25, 0.3) is 0 Å². The van der Waals surface area contributed by atoms with E-state index in [0.29, 0.717) is 16.3 Å². The number of methoxy groups -OCH3 is 1. The molecule has 4 heteroatoms. The fourth-order valence-electron chi connectivity index (χ4n) is 2.42. The maximum absolute atomic E-state index is 14.0. The zero-order valence-corrected chi connectivity index (χ0v) is 12.5. The first-order valence-corrected chi connectivity index (χ1v) is 6.67. The van der Waals surface area contributed by atoms with Crippen LogP contribution in [0.3, 0.4) is 0 Å². The molecule has 0 amide bonds. The maximum Gasteiger partial charge on any atom is 0.128 e. The summed E-state index contributed by atoms with van der Waals surface area (Å²) in [4.78, 5) is 0. The van der Waals surface area contributed by atoms with E-state index >= 15 is 0 Å². The Hall–Kier alpha value is -1.58. The summed E-state index contributed by atoms with van der Waals surface area (Å²) in [5, 5.41) is 0.459. The number of hydrogen-bond acceptors (Lipinski definition) is 2. The smallest absolute Gasteiger partial charge is 0.128 e. The Kier molecular flexibility index (Phi) is 4.31. The van der Waals surface area contributed by atoms with E-state index in [1.807, 2.05) is 26.0 Å². The third-order valence-electron chi connectivity index (χ3n) is 3.32. The summed E-state index contributed by atoms with van der Waals surface area (Å²) in [5.41, 5.74) is 9.41. The van der Waals surface area contributed by atoms with Gasteiger partial charge in [0.05, 0.1) is 13.2 Å². The van der Waals surface area contributed by atoms with Gasteiger partial charge in [0, 0.05) is 16.1 Å². The van der Waals surface area contributed by atoms with Crippen molar-refractivity contribution in [1.82, 2.24) is 0 Å². The number of benzene rings is 2. The Labute approximate surface area is 123 Å². The van der Waals surface area contributed by atoms with Crippen molar-refractivity contribution in [3.8, 4) is 5.75 Å². The molecule has 2 aromatic rings. The highest BCUT2D eigenvalue weighted by atomic mass is 35.5. The summed E-state index contributed by atoms with van der Waals surface area (Å²) < 4.78 is 19.4. The van der Waals surface area contributed by atoms with Crippen molar-refractivity contribution in [3.05, 3.63) is 63.4 Å². The van der Waals surface area contributed by atoms with Crippen LogP contribution in [0.5, 0.6) is 5.75 Å². The molecule has 0 saturated carbocycles. The quantitative estimate of drug-likeness (QED) is 0.922. The Morgan fingerprint density at radius 3 is 2.55 bits per heavy atom. The lowest BCUT2D eigenvalue weighted by atomic mass is 9.93. The molecule has 0 aliphatic rings. The highest BCUT2D eigenvalue weighted by molar-refractivity contribution is 6.30. The zero-order valence-electron chi connectivity index (χ0n) is 11.7. The van der Waals surface area contributed by atoms with E-state index < -0.39 is 6.04 Å². The Morgan fingerprint density at radius 2 is 1.90 bits per heavy atom. The molecule has 0 fully saturated rings. The summed E-state index contributed by atoms with van der Waals surface area (Å²) in [7, 11) is 1.58. The molecule has 106 valence electrons. The van der Waals surface area contributed by atoms with Crippen LogP contribution in [-0.2, 0) is 0 Å². The Balaban J connectivity index is 2.58. The van der Waals surface area contributed by atoms with Gasteiger partial charge in [-0.3, -0.25) is 0 Å². The fourth-order valence-corrected chi connectivity index (χ4v) is 2.60. The molecule has 2 nitrogen and oxygen atoms in total. The molecule has 20 heavy (non-hydrogen) atoms. The molecule has 0 radical (unpaired) electrons. The minimum absolute atomic E-state index is 0.364. The second-order valence-corrected chi connectivity index (χ2v) is 5.28. The molecule has 0 aromatic heterocycles. The predicted octanol–water partition coefficient (Wildman–Crippen LogP) is 4.15. The van der Waals surface area contributed by atoms with Crippen LogP contribution >= 0.6 is 11.6 Å². The standard InChI is InChI=1S/C16H17ClFNO/c1-9-6-10(2)15(14(7-9)20-3)16(19)12-8-11(17)4-5-13(12)18/h4-8,16H,19H2,1-3H3. The lowest BCUT2D eigenvalue weighted by Crippen LogP contribution is -2.16. The van der Waals surface area contributed by atoms with E-state index in [9.17, 15) is 4.39 Å². The van der Waals surface area contributed by atoms with Gasteiger partial charge in [-0.2, -0.15) is 0 Å². The number of nitrogens with two attached hydrogens (primary N) is 1. The summed E-state index contributed by atoms with van der Waals surface area (Å²) >= 11 is 5.93. The molecular formula is C16H17ClFNO. The Morgan fingerprint density at radius 1 is 1.20 bits per heavy atom. The van der Waals surface area contributed by atoms with Crippen LogP contribution in [0, 0.1) is 19.7 Å². The van der Waals surface area contributed by atoms with Gasteiger partial charge in [0.25, 0.3) is 0 Å². The van der Waals surface area contributed by atoms with Crippen molar-refractivity contribution < 1.29 is 9.13 Å². The number of aryl methyl sites for hydroxylation is 2. The molecule has 2 aromatic carbocycles. The van der Waals surface area contributed by atoms with Crippen LogP contribution in [0.2, 0.25) is 5.02 Å². The average molecular weight is 294 g/mol. The maximum atomic E-state index is 14.0. The number of rotatable bonds is 3. The predicted molar refractivity (Wildman–Crippen MR) is 79.9 cm³/mol. The molecule has 1 atom stereocenters. The third kappa shape index (κ3) is 2.79. The lowest BCUT2D eigenvalue weighted by Gasteiger charge is -2.20. The SMILES string of the molecule is COc1cc(C)cc(C)c1C(N)c1cc(Cl)ccc1F. The first-order chi connectivity index (χ1) is 9.43. The van der Waals surface area contributed by atoms with Crippen molar-refractivity contribution >= 4 is 11.6 Å². The van der Waals surface area contributed by atoms with Gasteiger partial charge in [-0.25, -0.2) is 4.39 Å². The minimum atomic E-state index is -0.621. The van der Waals surface area contributed by atoms with Gasteiger partial charge in [-0.1, -0.05) is 17.7 Å². The lowest BCUT2D eigenvalue weighted by molar-refractivity contribution is 0.406. The minimum Gasteiger partial charge on any atom is -0.496 e. The van der Waals surface area contributed by atoms with E-state index in [2.05, 4.69) is 0 Å². The molecule has 1 unspecified atom stereocenters. The van der Waals surface area contributed by atoms with Gasteiger partial charge in [0.15, 0.2) is 0 Å². The number of halogens is 2. The molecular weight excluding hydrogens is 277 g/mol. The average Bonchev–Trinajstić information content (AvgIpc) is 2.40. The van der Waals surface area contributed by atoms with Crippen molar-refractivity contribution in [2.75, 3.05) is 7.11 Å². The van der Waals surface area contributed by atoms with Crippen LogP contribution in [0.4, 0.5) is 4.39 Å². The largest absolute Gasteiger partial charge is 0.496 e. The zero-order chi connectivity index (χ0) is 14.9.